The summed E-state index contributed by atoms with van der Waals surface area (Å²) in [4.78, 5) is 19.3. The van der Waals surface area contributed by atoms with E-state index in [0.29, 0.717) is 16.5 Å². The third-order valence-corrected chi connectivity index (χ3v) is 3.25. The molecular weight excluding hydrogens is 248 g/mol. The van der Waals surface area contributed by atoms with Crippen LogP contribution in [-0.4, -0.2) is 21.0 Å². The van der Waals surface area contributed by atoms with Gasteiger partial charge in [-0.25, -0.2) is 14.8 Å². The van der Waals surface area contributed by atoms with Crippen LogP contribution in [0.15, 0.2) is 41.7 Å². The topological polar surface area (TPSA) is 63.1 Å². The summed E-state index contributed by atoms with van der Waals surface area (Å²) in [5.74, 6) is -0.251. The summed E-state index contributed by atoms with van der Waals surface area (Å²) in [5, 5.41) is 9.60. The first-order valence-corrected chi connectivity index (χ1v) is 6.38. The molecule has 1 heterocycles. The number of carboxylic acid groups (broad SMARTS) is 1. The van der Waals surface area contributed by atoms with Crippen LogP contribution in [0.1, 0.15) is 21.6 Å². The summed E-state index contributed by atoms with van der Waals surface area (Å²) in [6.45, 7) is 1.91. The minimum Gasteiger partial charge on any atom is -0.478 e. The van der Waals surface area contributed by atoms with E-state index in [9.17, 15) is 4.79 Å². The standard InChI is InChI=1S/C13H12N2O2S/c1-9-5-6-14-13(15-9)18-8-10-3-2-4-11(7-10)12(16)17/h2-7H,8H2,1H3,(H,16,17). The highest BCUT2D eigenvalue weighted by Gasteiger charge is 2.04. The molecule has 0 unspecified atom stereocenters. The Morgan fingerprint density at radius 3 is 2.94 bits per heavy atom. The van der Waals surface area contributed by atoms with Crippen molar-refractivity contribution < 1.29 is 9.90 Å². The summed E-state index contributed by atoms with van der Waals surface area (Å²) in [7, 11) is 0. The molecule has 5 heteroatoms. The molecule has 2 aromatic rings. The van der Waals surface area contributed by atoms with Gasteiger partial charge in [-0.1, -0.05) is 23.9 Å². The van der Waals surface area contributed by atoms with Gasteiger partial charge in [0.1, 0.15) is 0 Å². The molecule has 1 aromatic heterocycles. The van der Waals surface area contributed by atoms with E-state index in [1.165, 1.54) is 11.8 Å². The van der Waals surface area contributed by atoms with Crippen LogP contribution >= 0.6 is 11.8 Å². The van der Waals surface area contributed by atoms with Gasteiger partial charge in [-0.05, 0) is 30.7 Å². The number of hydrogen-bond donors (Lipinski definition) is 1. The normalized spacial score (nSPS) is 10.3. The van der Waals surface area contributed by atoms with E-state index in [1.807, 2.05) is 19.1 Å². The van der Waals surface area contributed by atoms with Gasteiger partial charge in [-0.15, -0.1) is 0 Å². The summed E-state index contributed by atoms with van der Waals surface area (Å²) in [6, 6.07) is 8.74. The molecule has 1 aromatic carbocycles. The Balaban J connectivity index is 2.06. The largest absolute Gasteiger partial charge is 0.478 e. The lowest BCUT2D eigenvalue weighted by Gasteiger charge is -2.02. The molecule has 0 bridgehead atoms. The number of nitrogens with zero attached hydrogens (tertiary/aromatic N) is 2. The molecule has 0 aliphatic carbocycles. The summed E-state index contributed by atoms with van der Waals surface area (Å²) >= 11 is 1.49. The van der Waals surface area contributed by atoms with E-state index < -0.39 is 5.97 Å². The van der Waals surface area contributed by atoms with Crippen molar-refractivity contribution in [3.63, 3.8) is 0 Å². The fourth-order valence-electron chi connectivity index (χ4n) is 1.44. The van der Waals surface area contributed by atoms with E-state index in [-0.39, 0.29) is 0 Å². The second kappa shape index (κ2) is 5.64. The molecule has 1 N–H and O–H groups in total. The summed E-state index contributed by atoms with van der Waals surface area (Å²) in [5.41, 5.74) is 2.18. The van der Waals surface area contributed by atoms with E-state index in [0.717, 1.165) is 11.3 Å². The predicted octanol–water partition coefficient (Wildman–Crippen LogP) is 2.78. The van der Waals surface area contributed by atoms with Crippen molar-refractivity contribution in [3.8, 4) is 0 Å². The van der Waals surface area contributed by atoms with Crippen molar-refractivity contribution in [3.05, 3.63) is 53.3 Å². The molecule has 0 saturated carbocycles. The lowest BCUT2D eigenvalue weighted by Crippen LogP contribution is -1.96. The van der Waals surface area contributed by atoms with Crippen LogP contribution in [0.4, 0.5) is 0 Å². The average Bonchev–Trinajstić information content (AvgIpc) is 2.37. The lowest BCUT2D eigenvalue weighted by molar-refractivity contribution is 0.0697. The van der Waals surface area contributed by atoms with Crippen LogP contribution < -0.4 is 0 Å². The van der Waals surface area contributed by atoms with E-state index >= 15 is 0 Å². The fourth-order valence-corrected chi connectivity index (χ4v) is 2.26. The molecule has 0 atom stereocenters. The van der Waals surface area contributed by atoms with Crippen LogP contribution in [0.2, 0.25) is 0 Å². The number of aryl methyl sites for hydroxylation is 1. The fraction of sp³-hybridized carbons (Fsp3) is 0.154. The number of aromatic carboxylic acids is 1. The zero-order valence-corrected chi connectivity index (χ0v) is 10.6. The van der Waals surface area contributed by atoms with Crippen molar-refractivity contribution in [1.29, 1.82) is 0 Å². The molecule has 18 heavy (non-hydrogen) atoms. The summed E-state index contributed by atoms with van der Waals surface area (Å²) < 4.78 is 0. The third kappa shape index (κ3) is 3.30. The molecular formula is C13H12N2O2S. The molecule has 4 nitrogen and oxygen atoms in total. The molecule has 0 fully saturated rings. The molecule has 92 valence electrons. The second-order valence-electron chi connectivity index (χ2n) is 3.77. The van der Waals surface area contributed by atoms with Gasteiger partial charge in [0.05, 0.1) is 5.56 Å². The number of thioether (sulfide) groups is 1. The van der Waals surface area contributed by atoms with Gasteiger partial charge in [0.2, 0.25) is 0 Å². The minimum absolute atomic E-state index is 0.304. The first-order chi connectivity index (χ1) is 8.65. The van der Waals surface area contributed by atoms with Crippen molar-refractivity contribution >= 4 is 17.7 Å². The number of carboxylic acids is 1. The Bertz CT molecular complexity index is 572. The maximum atomic E-state index is 10.8. The van der Waals surface area contributed by atoms with Crippen molar-refractivity contribution in [2.24, 2.45) is 0 Å². The van der Waals surface area contributed by atoms with Gasteiger partial charge in [-0.2, -0.15) is 0 Å². The van der Waals surface area contributed by atoms with Crippen molar-refractivity contribution in [1.82, 2.24) is 9.97 Å². The highest BCUT2D eigenvalue weighted by Crippen LogP contribution is 2.19. The van der Waals surface area contributed by atoms with Gasteiger partial charge in [-0.3, -0.25) is 0 Å². The van der Waals surface area contributed by atoms with Crippen LogP contribution in [0, 0.1) is 6.92 Å². The van der Waals surface area contributed by atoms with Crippen molar-refractivity contribution in [2.75, 3.05) is 0 Å². The minimum atomic E-state index is -0.909. The van der Waals surface area contributed by atoms with Crippen LogP contribution in [0.3, 0.4) is 0 Å². The first kappa shape index (κ1) is 12.6. The Kier molecular flexibility index (Phi) is 3.94. The quantitative estimate of drug-likeness (QED) is 0.676. The number of carbonyl (C=O) groups is 1. The van der Waals surface area contributed by atoms with Gasteiger partial charge in [0, 0.05) is 17.6 Å². The second-order valence-corrected chi connectivity index (χ2v) is 4.72. The SMILES string of the molecule is Cc1ccnc(SCc2cccc(C(=O)O)c2)n1. The molecule has 0 aliphatic heterocycles. The molecule has 0 aliphatic rings. The van der Waals surface area contributed by atoms with E-state index in [1.54, 1.807) is 24.4 Å². The molecule has 2 rings (SSSR count). The van der Waals surface area contributed by atoms with Gasteiger partial charge in [0.15, 0.2) is 5.16 Å². The monoisotopic (exact) mass is 260 g/mol. The third-order valence-electron chi connectivity index (χ3n) is 2.31. The molecule has 0 saturated heterocycles. The van der Waals surface area contributed by atoms with Gasteiger partial charge in [0.25, 0.3) is 0 Å². The number of benzene rings is 1. The maximum absolute atomic E-state index is 10.8. The highest BCUT2D eigenvalue weighted by atomic mass is 32.2. The maximum Gasteiger partial charge on any atom is 0.335 e. The number of aromatic nitrogens is 2. The smallest absolute Gasteiger partial charge is 0.335 e. The Morgan fingerprint density at radius 2 is 2.22 bits per heavy atom. The van der Waals surface area contributed by atoms with E-state index in [2.05, 4.69) is 9.97 Å². The van der Waals surface area contributed by atoms with Crippen molar-refractivity contribution in [2.45, 2.75) is 17.8 Å². The Morgan fingerprint density at radius 1 is 1.39 bits per heavy atom. The zero-order chi connectivity index (χ0) is 13.0. The predicted molar refractivity (Wildman–Crippen MR) is 69.7 cm³/mol. The van der Waals surface area contributed by atoms with Gasteiger partial charge >= 0.3 is 5.97 Å². The Labute approximate surface area is 109 Å². The first-order valence-electron chi connectivity index (χ1n) is 5.40. The molecule has 0 amide bonds. The Hall–Kier alpha value is -1.88. The average molecular weight is 260 g/mol. The molecule has 0 spiro atoms. The van der Waals surface area contributed by atoms with Crippen LogP contribution in [0.25, 0.3) is 0 Å². The van der Waals surface area contributed by atoms with E-state index in [4.69, 9.17) is 5.11 Å². The van der Waals surface area contributed by atoms with Crippen LogP contribution in [0.5, 0.6) is 0 Å². The molecule has 0 radical (unpaired) electrons. The zero-order valence-electron chi connectivity index (χ0n) is 9.83. The number of rotatable bonds is 4. The summed E-state index contributed by atoms with van der Waals surface area (Å²) in [6.07, 6.45) is 1.72. The van der Waals surface area contributed by atoms with Gasteiger partial charge < -0.3 is 5.11 Å². The number of hydrogen-bond acceptors (Lipinski definition) is 4. The highest BCUT2D eigenvalue weighted by molar-refractivity contribution is 7.98. The lowest BCUT2D eigenvalue weighted by atomic mass is 10.1. The van der Waals surface area contributed by atoms with Crippen LogP contribution in [-0.2, 0) is 5.75 Å².